The number of carbonyl (C=O) groups excluding carboxylic acids is 2. The smallest absolute Gasteiger partial charge is 0.325 e. The first-order valence-corrected chi connectivity index (χ1v) is 7.48. The quantitative estimate of drug-likeness (QED) is 0.703. The average Bonchev–Trinajstić information content (AvgIpc) is 2.50. The highest BCUT2D eigenvalue weighted by Gasteiger charge is 2.15. The number of carbonyl (C=O) groups is 2. The van der Waals surface area contributed by atoms with Gasteiger partial charge >= 0.3 is 5.97 Å². The summed E-state index contributed by atoms with van der Waals surface area (Å²) in [7, 11) is 2.92. The number of likely N-dealkylation sites (N-methyl/N-ethyl adjacent to an activating group) is 1. The Balaban J connectivity index is 2.58. The molecule has 6 heteroatoms. The molecule has 21 heavy (non-hydrogen) atoms. The molecule has 0 aliphatic heterocycles. The van der Waals surface area contributed by atoms with Gasteiger partial charge in [-0.05, 0) is 47.0 Å². The summed E-state index contributed by atoms with van der Waals surface area (Å²) in [6.07, 6.45) is 0.961. The van der Waals surface area contributed by atoms with Crippen molar-refractivity contribution in [2.24, 2.45) is 0 Å². The van der Waals surface area contributed by atoms with E-state index in [1.807, 2.05) is 25.1 Å². The van der Waals surface area contributed by atoms with Gasteiger partial charge in [0.1, 0.15) is 12.3 Å². The largest absolute Gasteiger partial charge is 0.496 e. The SMILES string of the molecule is CCN(CC(=O)OC)C(=O)CCc1ccc(OC)c(Br)c1. The van der Waals surface area contributed by atoms with E-state index in [1.54, 1.807) is 7.11 Å². The van der Waals surface area contributed by atoms with Gasteiger partial charge in [0.25, 0.3) is 0 Å². The Hall–Kier alpha value is -1.56. The Morgan fingerprint density at radius 2 is 2.00 bits per heavy atom. The number of amides is 1. The van der Waals surface area contributed by atoms with Crippen LogP contribution in [0.5, 0.6) is 5.75 Å². The molecule has 0 unspecified atom stereocenters. The highest BCUT2D eigenvalue weighted by molar-refractivity contribution is 9.10. The van der Waals surface area contributed by atoms with E-state index in [0.29, 0.717) is 19.4 Å². The van der Waals surface area contributed by atoms with Crippen LogP contribution >= 0.6 is 15.9 Å². The fourth-order valence-electron chi connectivity index (χ4n) is 1.87. The van der Waals surface area contributed by atoms with Crippen molar-refractivity contribution in [2.45, 2.75) is 19.8 Å². The molecule has 0 atom stereocenters. The molecule has 5 nitrogen and oxygen atoms in total. The van der Waals surface area contributed by atoms with Crippen LogP contribution in [0.4, 0.5) is 0 Å². The second-order valence-corrected chi connectivity index (χ2v) is 5.31. The van der Waals surface area contributed by atoms with Crippen LogP contribution in [0, 0.1) is 0 Å². The van der Waals surface area contributed by atoms with Crippen molar-refractivity contribution in [3.63, 3.8) is 0 Å². The molecule has 0 aliphatic carbocycles. The molecule has 0 radical (unpaired) electrons. The third kappa shape index (κ3) is 5.38. The van der Waals surface area contributed by atoms with Gasteiger partial charge in [0.2, 0.25) is 5.91 Å². The van der Waals surface area contributed by atoms with E-state index >= 15 is 0 Å². The van der Waals surface area contributed by atoms with Gasteiger partial charge in [-0.15, -0.1) is 0 Å². The minimum atomic E-state index is -0.405. The maximum atomic E-state index is 12.1. The zero-order chi connectivity index (χ0) is 15.8. The Bertz CT molecular complexity index is 504. The van der Waals surface area contributed by atoms with Crippen molar-refractivity contribution in [2.75, 3.05) is 27.3 Å². The highest BCUT2D eigenvalue weighted by Crippen LogP contribution is 2.26. The Labute approximate surface area is 133 Å². The van der Waals surface area contributed by atoms with E-state index in [0.717, 1.165) is 15.8 Å². The molecule has 0 spiro atoms. The molecule has 1 aromatic carbocycles. The number of nitrogens with zero attached hydrogens (tertiary/aromatic N) is 1. The third-order valence-corrected chi connectivity index (χ3v) is 3.75. The number of esters is 1. The zero-order valence-electron chi connectivity index (χ0n) is 12.5. The maximum absolute atomic E-state index is 12.1. The molecule has 1 amide bonds. The molecule has 0 bridgehead atoms. The van der Waals surface area contributed by atoms with Gasteiger partial charge in [-0.3, -0.25) is 9.59 Å². The molecule has 0 N–H and O–H groups in total. The molecule has 0 fully saturated rings. The number of ether oxygens (including phenoxy) is 2. The summed E-state index contributed by atoms with van der Waals surface area (Å²) in [5.74, 6) is 0.290. The standard InChI is InChI=1S/C15H20BrNO4/c1-4-17(10-15(19)21-3)14(18)8-6-11-5-7-13(20-2)12(16)9-11/h5,7,9H,4,6,8,10H2,1-3H3. The minimum absolute atomic E-state index is 0.00184. The van der Waals surface area contributed by atoms with Crippen LogP contribution in [0.3, 0.4) is 0 Å². The number of methoxy groups -OCH3 is 2. The summed E-state index contributed by atoms with van der Waals surface area (Å²) in [5, 5.41) is 0. The normalized spacial score (nSPS) is 10.1. The van der Waals surface area contributed by atoms with Crippen LogP contribution in [-0.4, -0.2) is 44.1 Å². The van der Waals surface area contributed by atoms with Crippen molar-refractivity contribution in [3.05, 3.63) is 28.2 Å². The fourth-order valence-corrected chi connectivity index (χ4v) is 2.46. The van der Waals surface area contributed by atoms with Gasteiger partial charge in [0.15, 0.2) is 0 Å². The second kappa shape index (κ2) is 8.67. The summed E-state index contributed by atoms with van der Waals surface area (Å²) in [5.41, 5.74) is 1.03. The summed E-state index contributed by atoms with van der Waals surface area (Å²) < 4.78 is 10.6. The molecular weight excluding hydrogens is 338 g/mol. The maximum Gasteiger partial charge on any atom is 0.325 e. The molecule has 1 aromatic rings. The predicted molar refractivity (Wildman–Crippen MR) is 83.3 cm³/mol. The number of benzene rings is 1. The van der Waals surface area contributed by atoms with Crippen LogP contribution in [-0.2, 0) is 20.7 Å². The summed E-state index contributed by atoms with van der Waals surface area (Å²) in [6.45, 7) is 2.32. The van der Waals surface area contributed by atoms with Crippen molar-refractivity contribution in [1.29, 1.82) is 0 Å². The average molecular weight is 358 g/mol. The monoisotopic (exact) mass is 357 g/mol. The van der Waals surface area contributed by atoms with Crippen molar-refractivity contribution in [1.82, 2.24) is 4.90 Å². The summed E-state index contributed by atoms with van der Waals surface area (Å²) >= 11 is 3.42. The van der Waals surface area contributed by atoms with Gasteiger partial charge in [-0.2, -0.15) is 0 Å². The lowest BCUT2D eigenvalue weighted by Gasteiger charge is -2.19. The molecule has 1 rings (SSSR count). The lowest BCUT2D eigenvalue weighted by atomic mass is 10.1. The Morgan fingerprint density at radius 3 is 2.52 bits per heavy atom. The van der Waals surface area contributed by atoms with E-state index < -0.39 is 5.97 Å². The lowest BCUT2D eigenvalue weighted by molar-refractivity contribution is -0.146. The molecule has 0 saturated carbocycles. The Kier molecular flexibility index (Phi) is 7.22. The van der Waals surface area contributed by atoms with Gasteiger partial charge in [0, 0.05) is 13.0 Å². The first-order valence-electron chi connectivity index (χ1n) is 6.68. The molecule has 0 heterocycles. The van der Waals surface area contributed by atoms with Gasteiger partial charge in [-0.1, -0.05) is 6.07 Å². The number of aryl methyl sites for hydroxylation is 1. The van der Waals surface area contributed by atoms with Crippen molar-refractivity contribution in [3.8, 4) is 5.75 Å². The first-order chi connectivity index (χ1) is 10.0. The fraction of sp³-hybridized carbons (Fsp3) is 0.467. The minimum Gasteiger partial charge on any atom is -0.496 e. The summed E-state index contributed by atoms with van der Waals surface area (Å²) in [4.78, 5) is 24.8. The number of hydrogen-bond acceptors (Lipinski definition) is 4. The molecule has 0 aromatic heterocycles. The van der Waals surface area contributed by atoms with E-state index in [2.05, 4.69) is 20.7 Å². The van der Waals surface area contributed by atoms with Gasteiger partial charge in [-0.25, -0.2) is 0 Å². The zero-order valence-corrected chi connectivity index (χ0v) is 14.1. The number of hydrogen-bond donors (Lipinski definition) is 0. The molecular formula is C15H20BrNO4. The van der Waals surface area contributed by atoms with E-state index in [4.69, 9.17) is 4.74 Å². The second-order valence-electron chi connectivity index (χ2n) is 4.45. The van der Waals surface area contributed by atoms with Crippen molar-refractivity contribution < 1.29 is 19.1 Å². The molecule has 0 aliphatic rings. The van der Waals surface area contributed by atoms with Crippen LogP contribution in [0.15, 0.2) is 22.7 Å². The molecule has 116 valence electrons. The van der Waals surface area contributed by atoms with E-state index in [-0.39, 0.29) is 12.5 Å². The summed E-state index contributed by atoms with van der Waals surface area (Å²) in [6, 6.07) is 5.71. The topological polar surface area (TPSA) is 55.8 Å². The van der Waals surface area contributed by atoms with Crippen LogP contribution in [0.25, 0.3) is 0 Å². The van der Waals surface area contributed by atoms with E-state index in [9.17, 15) is 9.59 Å². The third-order valence-electron chi connectivity index (χ3n) is 3.13. The van der Waals surface area contributed by atoms with Crippen LogP contribution in [0.1, 0.15) is 18.9 Å². The number of halogens is 1. The van der Waals surface area contributed by atoms with Crippen LogP contribution < -0.4 is 4.74 Å². The predicted octanol–water partition coefficient (Wildman–Crippen LogP) is 2.41. The lowest BCUT2D eigenvalue weighted by Crippen LogP contribution is -2.36. The Morgan fingerprint density at radius 1 is 1.29 bits per heavy atom. The van der Waals surface area contributed by atoms with E-state index in [1.165, 1.54) is 12.0 Å². The first kappa shape index (κ1) is 17.5. The number of rotatable bonds is 7. The molecule has 0 saturated heterocycles. The highest BCUT2D eigenvalue weighted by atomic mass is 79.9. The van der Waals surface area contributed by atoms with Crippen LogP contribution in [0.2, 0.25) is 0 Å². The van der Waals surface area contributed by atoms with Gasteiger partial charge < -0.3 is 14.4 Å². The van der Waals surface area contributed by atoms with Crippen molar-refractivity contribution >= 4 is 27.8 Å². The van der Waals surface area contributed by atoms with Gasteiger partial charge in [0.05, 0.1) is 18.7 Å².